The minimum Gasteiger partial charge on any atom is -0.419 e. The lowest BCUT2D eigenvalue weighted by Crippen LogP contribution is -2.05. The van der Waals surface area contributed by atoms with E-state index in [1.54, 1.807) is 10.9 Å². The Kier molecular flexibility index (Phi) is 3.62. The minimum atomic E-state index is 0.486. The average molecular weight is 351 g/mol. The molecule has 3 rings (SSSR count). The molecule has 0 atom stereocenters. The lowest BCUT2D eigenvalue weighted by molar-refractivity contribution is 0.468. The van der Waals surface area contributed by atoms with E-state index in [0.29, 0.717) is 24.7 Å². The minimum absolute atomic E-state index is 0.486. The van der Waals surface area contributed by atoms with Crippen molar-refractivity contribution in [3.63, 3.8) is 0 Å². The van der Waals surface area contributed by atoms with E-state index < -0.39 is 0 Å². The van der Waals surface area contributed by atoms with E-state index in [0.717, 1.165) is 21.6 Å². The average Bonchev–Trinajstić information content (AvgIpc) is 3.14. The molecule has 3 aromatic rings. The van der Waals surface area contributed by atoms with Crippen LogP contribution in [0.3, 0.4) is 0 Å². The molecule has 3 aromatic heterocycles. The maximum atomic E-state index is 5.67. The van der Waals surface area contributed by atoms with Crippen LogP contribution >= 0.6 is 15.9 Å². The fraction of sp³-hybridized carbons (Fsp3) is 0.385. The number of halogens is 1. The Labute approximate surface area is 130 Å². The molecule has 8 heteroatoms. The molecular formula is C13H15BrN6O. The summed E-state index contributed by atoms with van der Waals surface area (Å²) < 4.78 is 10.4. The van der Waals surface area contributed by atoms with Gasteiger partial charge in [0.15, 0.2) is 0 Å². The van der Waals surface area contributed by atoms with Gasteiger partial charge >= 0.3 is 0 Å². The maximum absolute atomic E-state index is 5.67. The van der Waals surface area contributed by atoms with Gasteiger partial charge in [0.2, 0.25) is 5.89 Å². The molecule has 0 saturated heterocycles. The van der Waals surface area contributed by atoms with Crippen molar-refractivity contribution in [1.82, 2.24) is 29.8 Å². The Bertz CT molecular complexity index is 772. The van der Waals surface area contributed by atoms with Gasteiger partial charge in [-0.1, -0.05) is 0 Å². The highest BCUT2D eigenvalue weighted by Gasteiger charge is 2.13. The molecule has 7 nitrogen and oxygen atoms in total. The maximum Gasteiger partial charge on any atom is 0.265 e. The highest BCUT2D eigenvalue weighted by Crippen LogP contribution is 2.20. The number of nitrogens with zero attached hydrogens (tertiary/aromatic N) is 6. The molecule has 21 heavy (non-hydrogen) atoms. The third-order valence-electron chi connectivity index (χ3n) is 3.34. The summed E-state index contributed by atoms with van der Waals surface area (Å²) >= 11 is 3.52. The lowest BCUT2D eigenvalue weighted by Gasteiger charge is -2.01. The molecule has 0 aliphatic heterocycles. The van der Waals surface area contributed by atoms with Gasteiger partial charge in [-0.05, 0) is 35.8 Å². The molecule has 0 aliphatic carbocycles. The van der Waals surface area contributed by atoms with Gasteiger partial charge in [0.05, 0.1) is 10.2 Å². The van der Waals surface area contributed by atoms with Crippen molar-refractivity contribution < 1.29 is 4.42 Å². The van der Waals surface area contributed by atoms with Crippen LogP contribution in [0.25, 0.3) is 11.6 Å². The van der Waals surface area contributed by atoms with Gasteiger partial charge in [0.1, 0.15) is 5.69 Å². The Morgan fingerprint density at radius 1 is 1.29 bits per heavy atom. The van der Waals surface area contributed by atoms with Crippen LogP contribution in [0.1, 0.15) is 17.3 Å². The van der Waals surface area contributed by atoms with E-state index in [1.807, 2.05) is 31.6 Å². The quantitative estimate of drug-likeness (QED) is 0.721. The summed E-state index contributed by atoms with van der Waals surface area (Å²) in [6.07, 6.45) is 2.34. The third-order valence-corrected chi connectivity index (χ3v) is 4.49. The number of aromatic nitrogens is 6. The first-order valence-corrected chi connectivity index (χ1v) is 7.36. The van der Waals surface area contributed by atoms with Gasteiger partial charge in [-0.15, -0.1) is 10.2 Å². The zero-order valence-electron chi connectivity index (χ0n) is 12.0. The predicted molar refractivity (Wildman–Crippen MR) is 79.6 cm³/mol. The van der Waals surface area contributed by atoms with Crippen molar-refractivity contribution in [2.24, 2.45) is 7.05 Å². The molecule has 0 fully saturated rings. The van der Waals surface area contributed by atoms with Crippen LogP contribution in [-0.4, -0.2) is 29.8 Å². The van der Waals surface area contributed by atoms with E-state index in [4.69, 9.17) is 4.42 Å². The molecule has 0 amide bonds. The molecule has 110 valence electrons. The number of hydrogen-bond acceptors (Lipinski definition) is 5. The molecule has 0 radical (unpaired) electrons. The van der Waals surface area contributed by atoms with E-state index in [2.05, 4.69) is 36.3 Å². The number of hydrogen-bond donors (Lipinski definition) is 0. The van der Waals surface area contributed by atoms with Crippen molar-refractivity contribution in [3.05, 3.63) is 34.0 Å². The second-order valence-corrected chi connectivity index (χ2v) is 5.59. The summed E-state index contributed by atoms with van der Waals surface area (Å²) in [5, 5.41) is 16.7. The highest BCUT2D eigenvalue weighted by molar-refractivity contribution is 9.10. The standard InChI is InChI=1S/C13H15BrN6O/c1-8-12(14)9(2)20(18-8)7-5-11-16-17-13(21-11)10-4-6-15-19(10)3/h4,6H,5,7H2,1-3H3. The zero-order chi connectivity index (χ0) is 15.0. The first-order chi connectivity index (χ1) is 10.1. The van der Waals surface area contributed by atoms with Crippen molar-refractivity contribution in [3.8, 4) is 11.6 Å². The SMILES string of the molecule is Cc1nn(CCc2nnc(-c3ccnn3C)o2)c(C)c1Br. The summed E-state index contributed by atoms with van der Waals surface area (Å²) in [4.78, 5) is 0. The van der Waals surface area contributed by atoms with Crippen LogP contribution in [0.4, 0.5) is 0 Å². The molecule has 0 bridgehead atoms. The Morgan fingerprint density at radius 2 is 2.10 bits per heavy atom. The van der Waals surface area contributed by atoms with Crippen LogP contribution in [0.15, 0.2) is 21.2 Å². The van der Waals surface area contributed by atoms with Crippen LogP contribution in [0.5, 0.6) is 0 Å². The monoisotopic (exact) mass is 350 g/mol. The lowest BCUT2D eigenvalue weighted by atomic mass is 10.4. The first kappa shape index (κ1) is 14.0. The topological polar surface area (TPSA) is 74.6 Å². The van der Waals surface area contributed by atoms with Crippen LogP contribution < -0.4 is 0 Å². The molecule has 0 spiro atoms. The number of rotatable bonds is 4. The van der Waals surface area contributed by atoms with Crippen molar-refractivity contribution >= 4 is 15.9 Å². The van der Waals surface area contributed by atoms with Crippen LogP contribution in [0, 0.1) is 13.8 Å². The zero-order valence-corrected chi connectivity index (χ0v) is 13.6. The third kappa shape index (κ3) is 2.63. The molecular weight excluding hydrogens is 336 g/mol. The molecule has 0 aliphatic rings. The molecule has 0 aromatic carbocycles. The Balaban J connectivity index is 1.73. The van der Waals surface area contributed by atoms with E-state index in [1.165, 1.54) is 0 Å². The van der Waals surface area contributed by atoms with Gasteiger partial charge < -0.3 is 4.42 Å². The highest BCUT2D eigenvalue weighted by atomic mass is 79.9. The van der Waals surface area contributed by atoms with Gasteiger partial charge in [0, 0.05) is 31.9 Å². The summed E-state index contributed by atoms with van der Waals surface area (Å²) in [5.41, 5.74) is 2.88. The Hall–Kier alpha value is -1.96. The first-order valence-electron chi connectivity index (χ1n) is 6.56. The van der Waals surface area contributed by atoms with Gasteiger partial charge in [-0.3, -0.25) is 9.36 Å². The molecule has 0 N–H and O–H groups in total. The van der Waals surface area contributed by atoms with Gasteiger partial charge in [0.25, 0.3) is 5.89 Å². The summed E-state index contributed by atoms with van der Waals surface area (Å²) in [5.74, 6) is 1.08. The smallest absolute Gasteiger partial charge is 0.265 e. The van der Waals surface area contributed by atoms with Gasteiger partial charge in [-0.25, -0.2) is 0 Å². The number of aryl methyl sites for hydroxylation is 4. The molecule has 3 heterocycles. The van der Waals surface area contributed by atoms with Crippen molar-refractivity contribution in [2.45, 2.75) is 26.8 Å². The van der Waals surface area contributed by atoms with E-state index in [9.17, 15) is 0 Å². The van der Waals surface area contributed by atoms with E-state index in [-0.39, 0.29) is 0 Å². The van der Waals surface area contributed by atoms with E-state index >= 15 is 0 Å². The van der Waals surface area contributed by atoms with Crippen molar-refractivity contribution in [2.75, 3.05) is 0 Å². The molecule has 0 saturated carbocycles. The normalized spacial score (nSPS) is 11.2. The fourth-order valence-corrected chi connectivity index (χ4v) is 2.42. The van der Waals surface area contributed by atoms with Crippen LogP contribution in [-0.2, 0) is 20.0 Å². The summed E-state index contributed by atoms with van der Waals surface area (Å²) in [7, 11) is 1.84. The van der Waals surface area contributed by atoms with Crippen LogP contribution in [0.2, 0.25) is 0 Å². The van der Waals surface area contributed by atoms with Gasteiger partial charge in [-0.2, -0.15) is 10.2 Å². The Morgan fingerprint density at radius 3 is 2.71 bits per heavy atom. The second-order valence-electron chi connectivity index (χ2n) is 4.80. The summed E-state index contributed by atoms with van der Waals surface area (Å²) in [6.45, 7) is 4.70. The van der Waals surface area contributed by atoms with Crippen molar-refractivity contribution in [1.29, 1.82) is 0 Å². The fourth-order valence-electron chi connectivity index (χ4n) is 2.14. The second kappa shape index (κ2) is 5.44. The predicted octanol–water partition coefficient (Wildman–Crippen LogP) is 2.29. The largest absolute Gasteiger partial charge is 0.419 e. The summed E-state index contributed by atoms with van der Waals surface area (Å²) in [6, 6.07) is 1.84. The molecule has 0 unspecified atom stereocenters.